The highest BCUT2D eigenvalue weighted by atomic mass is 15.2. The van der Waals surface area contributed by atoms with E-state index in [4.69, 9.17) is 0 Å². The van der Waals surface area contributed by atoms with Gasteiger partial charge in [0.15, 0.2) is 0 Å². The highest BCUT2D eigenvalue weighted by molar-refractivity contribution is 5.90. The van der Waals surface area contributed by atoms with Crippen LogP contribution in [0.4, 0.5) is 11.4 Å². The second-order valence-electron chi connectivity index (χ2n) is 7.59. The standard InChI is InChI=1S/C28H23N/c1-28(24-14-4-2-5-15-24,25-16-6-3-7-17-25)29-26-18-10-8-12-22(26)20-21-23-13-9-11-19-27(23)29/h2-21H,1H3. The molecule has 5 rings (SSSR count). The summed E-state index contributed by atoms with van der Waals surface area (Å²) in [5.41, 5.74) is 7.02. The topological polar surface area (TPSA) is 3.24 Å². The van der Waals surface area contributed by atoms with Gasteiger partial charge in [-0.3, -0.25) is 0 Å². The normalized spacial score (nSPS) is 12.8. The Bertz CT molecular complexity index is 1070. The van der Waals surface area contributed by atoms with Crippen molar-refractivity contribution < 1.29 is 0 Å². The van der Waals surface area contributed by atoms with E-state index in [0.29, 0.717) is 0 Å². The van der Waals surface area contributed by atoms with Gasteiger partial charge in [-0.1, -0.05) is 109 Å². The molecule has 29 heavy (non-hydrogen) atoms. The molecule has 1 heterocycles. The van der Waals surface area contributed by atoms with Gasteiger partial charge in [-0.25, -0.2) is 0 Å². The summed E-state index contributed by atoms with van der Waals surface area (Å²) >= 11 is 0. The second kappa shape index (κ2) is 7.10. The lowest BCUT2D eigenvalue weighted by Crippen LogP contribution is -2.42. The molecule has 0 N–H and O–H groups in total. The van der Waals surface area contributed by atoms with Crippen molar-refractivity contribution in [2.24, 2.45) is 0 Å². The summed E-state index contributed by atoms with van der Waals surface area (Å²) in [5, 5.41) is 0. The number of benzene rings is 4. The molecule has 4 aromatic carbocycles. The van der Waals surface area contributed by atoms with Gasteiger partial charge in [0.25, 0.3) is 0 Å². The van der Waals surface area contributed by atoms with E-state index in [1.54, 1.807) is 0 Å². The fourth-order valence-electron chi connectivity index (χ4n) is 4.41. The van der Waals surface area contributed by atoms with Gasteiger partial charge in [0.2, 0.25) is 0 Å². The number of para-hydroxylation sites is 2. The summed E-state index contributed by atoms with van der Waals surface area (Å²) in [6.45, 7) is 2.33. The molecule has 0 atom stereocenters. The molecule has 0 aliphatic carbocycles. The molecule has 0 spiro atoms. The monoisotopic (exact) mass is 373 g/mol. The molecular formula is C28H23N. The Kier molecular flexibility index (Phi) is 4.29. The third-order valence-corrected chi connectivity index (χ3v) is 5.92. The van der Waals surface area contributed by atoms with Crippen LogP contribution in [0.15, 0.2) is 109 Å². The predicted molar refractivity (Wildman–Crippen MR) is 123 cm³/mol. The maximum Gasteiger partial charge on any atom is 0.0927 e. The van der Waals surface area contributed by atoms with E-state index in [1.807, 2.05) is 0 Å². The Morgan fingerprint density at radius 3 is 1.31 bits per heavy atom. The molecule has 0 aromatic heterocycles. The van der Waals surface area contributed by atoms with Crippen LogP contribution in [-0.4, -0.2) is 0 Å². The Balaban J connectivity index is 1.87. The van der Waals surface area contributed by atoms with Crippen LogP contribution in [0.25, 0.3) is 12.2 Å². The van der Waals surface area contributed by atoms with Crippen molar-refractivity contribution in [3.8, 4) is 0 Å². The first-order valence-corrected chi connectivity index (χ1v) is 10.1. The van der Waals surface area contributed by atoms with Crippen molar-refractivity contribution in [2.45, 2.75) is 12.5 Å². The van der Waals surface area contributed by atoms with Crippen LogP contribution in [0.1, 0.15) is 29.2 Å². The minimum absolute atomic E-state index is 0.374. The van der Waals surface area contributed by atoms with Crippen molar-refractivity contribution in [1.29, 1.82) is 0 Å². The molecule has 1 aliphatic heterocycles. The van der Waals surface area contributed by atoms with E-state index in [9.17, 15) is 0 Å². The van der Waals surface area contributed by atoms with Crippen LogP contribution in [0, 0.1) is 0 Å². The van der Waals surface area contributed by atoms with Gasteiger partial charge in [-0.15, -0.1) is 0 Å². The van der Waals surface area contributed by atoms with Gasteiger partial charge < -0.3 is 4.90 Å². The number of nitrogens with zero attached hydrogens (tertiary/aromatic N) is 1. The van der Waals surface area contributed by atoms with Crippen LogP contribution in [-0.2, 0) is 5.54 Å². The highest BCUT2D eigenvalue weighted by Gasteiger charge is 2.38. The molecule has 0 amide bonds. The Morgan fingerprint density at radius 2 is 0.862 bits per heavy atom. The van der Waals surface area contributed by atoms with Crippen molar-refractivity contribution in [2.75, 3.05) is 4.90 Å². The molecule has 0 fully saturated rings. The van der Waals surface area contributed by atoms with Crippen molar-refractivity contribution >= 4 is 23.5 Å². The molecule has 1 heteroatoms. The zero-order chi connectivity index (χ0) is 19.7. The van der Waals surface area contributed by atoms with Gasteiger partial charge in [-0.2, -0.15) is 0 Å². The summed E-state index contributed by atoms with van der Waals surface area (Å²) < 4.78 is 0. The quantitative estimate of drug-likeness (QED) is 0.365. The lowest BCUT2D eigenvalue weighted by Gasteiger charge is -2.45. The molecule has 0 saturated heterocycles. The third kappa shape index (κ3) is 2.87. The Hall–Kier alpha value is -3.58. The molecule has 1 aliphatic rings. The van der Waals surface area contributed by atoms with Crippen LogP contribution >= 0.6 is 0 Å². The van der Waals surface area contributed by atoms with Crippen molar-refractivity contribution in [3.63, 3.8) is 0 Å². The van der Waals surface area contributed by atoms with E-state index >= 15 is 0 Å². The Morgan fingerprint density at radius 1 is 0.483 bits per heavy atom. The average Bonchev–Trinajstić information content (AvgIpc) is 2.97. The van der Waals surface area contributed by atoms with Gasteiger partial charge in [-0.05, 0) is 41.3 Å². The van der Waals surface area contributed by atoms with Crippen molar-refractivity contribution in [1.82, 2.24) is 0 Å². The largest absolute Gasteiger partial charge is 0.326 e. The van der Waals surface area contributed by atoms with Gasteiger partial charge in [0, 0.05) is 11.4 Å². The maximum atomic E-state index is 2.50. The smallest absolute Gasteiger partial charge is 0.0927 e. The van der Waals surface area contributed by atoms with E-state index < -0.39 is 0 Å². The highest BCUT2D eigenvalue weighted by Crippen LogP contribution is 2.47. The summed E-state index contributed by atoms with van der Waals surface area (Å²) in [7, 11) is 0. The molecule has 0 bridgehead atoms. The summed E-state index contributed by atoms with van der Waals surface area (Å²) in [5.74, 6) is 0. The van der Waals surface area contributed by atoms with E-state index in [1.165, 1.54) is 33.6 Å². The first kappa shape index (κ1) is 17.5. The van der Waals surface area contributed by atoms with Gasteiger partial charge >= 0.3 is 0 Å². The predicted octanol–water partition coefficient (Wildman–Crippen LogP) is 7.27. The first-order valence-electron chi connectivity index (χ1n) is 10.1. The minimum atomic E-state index is -0.374. The number of fused-ring (bicyclic) bond motifs is 2. The summed E-state index contributed by atoms with van der Waals surface area (Å²) in [4.78, 5) is 2.50. The molecule has 4 aromatic rings. The lowest BCUT2D eigenvalue weighted by molar-refractivity contribution is 0.581. The zero-order valence-corrected chi connectivity index (χ0v) is 16.5. The maximum absolute atomic E-state index is 2.50. The number of hydrogen-bond donors (Lipinski definition) is 0. The Labute approximate surface area is 172 Å². The van der Waals surface area contributed by atoms with Crippen molar-refractivity contribution in [3.05, 3.63) is 131 Å². The fourth-order valence-corrected chi connectivity index (χ4v) is 4.41. The van der Waals surface area contributed by atoms with Gasteiger partial charge in [0.05, 0.1) is 5.54 Å². The van der Waals surface area contributed by atoms with E-state index in [-0.39, 0.29) is 5.54 Å². The van der Waals surface area contributed by atoms with Crippen LogP contribution < -0.4 is 4.90 Å². The third-order valence-electron chi connectivity index (χ3n) is 5.92. The van der Waals surface area contributed by atoms with E-state index in [2.05, 4.69) is 133 Å². The van der Waals surface area contributed by atoms with Crippen LogP contribution in [0.5, 0.6) is 0 Å². The number of anilines is 2. The number of hydrogen-bond acceptors (Lipinski definition) is 1. The second-order valence-corrected chi connectivity index (χ2v) is 7.59. The number of rotatable bonds is 3. The molecule has 0 unspecified atom stereocenters. The summed E-state index contributed by atoms with van der Waals surface area (Å²) in [6, 6.07) is 38.9. The SMILES string of the molecule is CC(c1ccccc1)(c1ccccc1)N1c2ccccc2C=Cc2ccccc21. The average molecular weight is 373 g/mol. The van der Waals surface area contributed by atoms with Gasteiger partial charge in [0.1, 0.15) is 0 Å². The molecule has 0 radical (unpaired) electrons. The molecule has 0 saturated carbocycles. The molecule has 1 nitrogen and oxygen atoms in total. The first-order chi connectivity index (χ1) is 14.3. The summed E-state index contributed by atoms with van der Waals surface area (Å²) in [6.07, 6.45) is 4.45. The lowest BCUT2D eigenvalue weighted by atomic mass is 9.81. The minimum Gasteiger partial charge on any atom is -0.326 e. The van der Waals surface area contributed by atoms with Crippen LogP contribution in [0.3, 0.4) is 0 Å². The molecule has 140 valence electrons. The van der Waals surface area contributed by atoms with Crippen LogP contribution in [0.2, 0.25) is 0 Å². The van der Waals surface area contributed by atoms with E-state index in [0.717, 1.165) is 0 Å². The zero-order valence-electron chi connectivity index (χ0n) is 16.5. The fraction of sp³-hybridized carbons (Fsp3) is 0.0714. The molecular weight excluding hydrogens is 350 g/mol.